The number of nitrogens with one attached hydrogen (secondary N) is 1. The zero-order chi connectivity index (χ0) is 10.7. The maximum atomic E-state index is 13.6. The highest BCUT2D eigenvalue weighted by molar-refractivity contribution is 7.98. The van der Waals surface area contributed by atoms with Gasteiger partial charge in [0.05, 0.1) is 0 Å². The minimum Gasteiger partial charge on any atom is -0.316 e. The molecule has 3 heteroatoms. The van der Waals surface area contributed by atoms with E-state index in [1.807, 2.05) is 12.3 Å². The lowest BCUT2D eigenvalue weighted by Crippen LogP contribution is -2.28. The molecular weight excluding hydrogens is 209 g/mol. The van der Waals surface area contributed by atoms with E-state index in [0.29, 0.717) is 5.92 Å². The maximum absolute atomic E-state index is 13.6. The van der Waals surface area contributed by atoms with Gasteiger partial charge in [0, 0.05) is 11.4 Å². The molecule has 1 atom stereocenters. The molecule has 1 heterocycles. The van der Waals surface area contributed by atoms with E-state index < -0.39 is 0 Å². The molecule has 1 unspecified atom stereocenters. The van der Waals surface area contributed by atoms with Gasteiger partial charge in [-0.2, -0.15) is 0 Å². The van der Waals surface area contributed by atoms with E-state index in [2.05, 4.69) is 11.4 Å². The van der Waals surface area contributed by atoms with Crippen molar-refractivity contribution in [2.45, 2.75) is 23.7 Å². The second kappa shape index (κ2) is 4.99. The van der Waals surface area contributed by atoms with Crippen LogP contribution in [0.4, 0.5) is 4.39 Å². The highest BCUT2D eigenvalue weighted by atomic mass is 32.2. The molecule has 1 fully saturated rings. The highest BCUT2D eigenvalue weighted by Crippen LogP contribution is 2.32. The largest absolute Gasteiger partial charge is 0.316 e. The minimum absolute atomic E-state index is 0.0782. The van der Waals surface area contributed by atoms with E-state index in [1.54, 1.807) is 6.07 Å². The summed E-state index contributed by atoms with van der Waals surface area (Å²) >= 11 is 1.51. The Labute approximate surface area is 94.5 Å². The average Bonchev–Trinajstić information content (AvgIpc) is 2.30. The molecule has 1 aliphatic rings. The van der Waals surface area contributed by atoms with Gasteiger partial charge in [0.1, 0.15) is 5.82 Å². The molecule has 0 spiro atoms. The summed E-state index contributed by atoms with van der Waals surface area (Å²) in [6.07, 6.45) is 4.30. The number of benzene rings is 1. The molecule has 1 nitrogen and oxygen atoms in total. The Kier molecular flexibility index (Phi) is 3.65. The predicted molar refractivity (Wildman–Crippen MR) is 63.0 cm³/mol. The highest BCUT2D eigenvalue weighted by Gasteiger charge is 2.19. The number of halogens is 1. The first-order valence-electron chi connectivity index (χ1n) is 5.36. The fourth-order valence-electron chi connectivity index (χ4n) is 2.18. The minimum atomic E-state index is -0.0782. The second-order valence-electron chi connectivity index (χ2n) is 3.91. The number of rotatable bonds is 2. The van der Waals surface area contributed by atoms with Crippen molar-refractivity contribution >= 4 is 11.8 Å². The molecule has 2 rings (SSSR count). The maximum Gasteiger partial charge on any atom is 0.137 e. The van der Waals surface area contributed by atoms with E-state index in [9.17, 15) is 4.39 Å². The molecule has 1 aliphatic heterocycles. The summed E-state index contributed by atoms with van der Waals surface area (Å²) in [6, 6.07) is 5.43. The zero-order valence-electron chi connectivity index (χ0n) is 8.92. The fraction of sp³-hybridized carbons (Fsp3) is 0.500. The van der Waals surface area contributed by atoms with Gasteiger partial charge in [0.15, 0.2) is 0 Å². The SMILES string of the molecule is CSc1c(F)cccc1C1CCCNC1. The molecule has 0 aliphatic carbocycles. The first-order chi connectivity index (χ1) is 7.33. The van der Waals surface area contributed by atoms with Crippen molar-refractivity contribution in [1.82, 2.24) is 5.32 Å². The first-order valence-corrected chi connectivity index (χ1v) is 6.58. The lowest BCUT2D eigenvalue weighted by molar-refractivity contribution is 0.453. The lowest BCUT2D eigenvalue weighted by Gasteiger charge is -2.24. The van der Waals surface area contributed by atoms with Crippen LogP contribution in [-0.2, 0) is 0 Å². The monoisotopic (exact) mass is 225 g/mol. The molecule has 0 saturated carbocycles. The third-order valence-electron chi connectivity index (χ3n) is 2.94. The van der Waals surface area contributed by atoms with Crippen LogP contribution in [-0.4, -0.2) is 19.3 Å². The Balaban J connectivity index is 2.29. The summed E-state index contributed by atoms with van der Waals surface area (Å²) in [5.74, 6) is 0.405. The lowest BCUT2D eigenvalue weighted by atomic mass is 9.91. The van der Waals surface area contributed by atoms with Crippen LogP contribution < -0.4 is 5.32 Å². The van der Waals surface area contributed by atoms with Crippen LogP contribution in [0.3, 0.4) is 0 Å². The van der Waals surface area contributed by atoms with E-state index in [0.717, 1.165) is 18.0 Å². The van der Waals surface area contributed by atoms with Crippen molar-refractivity contribution in [1.29, 1.82) is 0 Å². The average molecular weight is 225 g/mol. The zero-order valence-corrected chi connectivity index (χ0v) is 9.74. The molecule has 0 amide bonds. The van der Waals surface area contributed by atoms with Gasteiger partial charge in [-0.1, -0.05) is 12.1 Å². The van der Waals surface area contributed by atoms with Gasteiger partial charge < -0.3 is 5.32 Å². The number of piperidine rings is 1. The van der Waals surface area contributed by atoms with E-state index in [4.69, 9.17) is 0 Å². The van der Waals surface area contributed by atoms with Crippen molar-refractivity contribution in [2.75, 3.05) is 19.3 Å². The van der Waals surface area contributed by atoms with Gasteiger partial charge in [0.2, 0.25) is 0 Å². The van der Waals surface area contributed by atoms with Crippen molar-refractivity contribution < 1.29 is 4.39 Å². The topological polar surface area (TPSA) is 12.0 Å². The van der Waals surface area contributed by atoms with Crippen LogP contribution in [0.2, 0.25) is 0 Å². The Morgan fingerprint density at radius 3 is 3.00 bits per heavy atom. The van der Waals surface area contributed by atoms with Gasteiger partial charge in [-0.15, -0.1) is 11.8 Å². The molecule has 0 radical (unpaired) electrons. The molecule has 0 bridgehead atoms. The van der Waals surface area contributed by atoms with Crippen molar-refractivity contribution in [2.24, 2.45) is 0 Å². The third-order valence-corrected chi connectivity index (χ3v) is 3.78. The summed E-state index contributed by atoms with van der Waals surface area (Å²) < 4.78 is 13.6. The number of thioether (sulfide) groups is 1. The van der Waals surface area contributed by atoms with Crippen molar-refractivity contribution in [3.63, 3.8) is 0 Å². The molecule has 1 aromatic rings. The Morgan fingerprint density at radius 1 is 1.47 bits per heavy atom. The molecule has 1 saturated heterocycles. The summed E-state index contributed by atoms with van der Waals surface area (Å²) in [5, 5.41) is 3.37. The molecular formula is C12H16FNS. The second-order valence-corrected chi connectivity index (χ2v) is 4.72. The van der Waals surface area contributed by atoms with Crippen LogP contribution in [0.1, 0.15) is 24.3 Å². The van der Waals surface area contributed by atoms with Crippen molar-refractivity contribution in [3.05, 3.63) is 29.6 Å². The molecule has 1 N–H and O–H groups in total. The predicted octanol–water partition coefficient (Wildman–Crippen LogP) is 3.01. The van der Waals surface area contributed by atoms with Crippen LogP contribution in [0.15, 0.2) is 23.1 Å². The summed E-state index contributed by atoms with van der Waals surface area (Å²) in [7, 11) is 0. The smallest absolute Gasteiger partial charge is 0.137 e. The number of hydrogen-bond donors (Lipinski definition) is 1. The van der Waals surface area contributed by atoms with E-state index in [-0.39, 0.29) is 5.82 Å². The van der Waals surface area contributed by atoms with Gasteiger partial charge >= 0.3 is 0 Å². The first kappa shape index (κ1) is 11.0. The van der Waals surface area contributed by atoms with Gasteiger partial charge in [0.25, 0.3) is 0 Å². The number of hydrogen-bond acceptors (Lipinski definition) is 2. The Bertz CT molecular complexity index is 334. The normalized spacial score (nSPS) is 21.6. The van der Waals surface area contributed by atoms with Gasteiger partial charge in [-0.3, -0.25) is 0 Å². The van der Waals surface area contributed by atoms with Gasteiger partial charge in [-0.25, -0.2) is 4.39 Å². The van der Waals surface area contributed by atoms with Crippen LogP contribution in [0.5, 0.6) is 0 Å². The van der Waals surface area contributed by atoms with E-state index >= 15 is 0 Å². The molecule has 15 heavy (non-hydrogen) atoms. The van der Waals surface area contributed by atoms with E-state index in [1.165, 1.54) is 30.2 Å². The van der Waals surface area contributed by atoms with Crippen LogP contribution in [0.25, 0.3) is 0 Å². The molecule has 0 aromatic heterocycles. The van der Waals surface area contributed by atoms with Crippen molar-refractivity contribution in [3.8, 4) is 0 Å². The quantitative estimate of drug-likeness (QED) is 0.776. The standard InChI is InChI=1S/C12H16FNS/c1-15-12-10(5-2-6-11(12)13)9-4-3-7-14-8-9/h2,5-6,9,14H,3-4,7-8H2,1H3. The fourth-order valence-corrected chi connectivity index (χ4v) is 2.91. The Hall–Kier alpha value is -0.540. The Morgan fingerprint density at radius 2 is 2.33 bits per heavy atom. The molecule has 1 aromatic carbocycles. The van der Waals surface area contributed by atoms with Crippen LogP contribution >= 0.6 is 11.8 Å². The van der Waals surface area contributed by atoms with Gasteiger partial charge in [-0.05, 0) is 43.2 Å². The van der Waals surface area contributed by atoms with Crippen LogP contribution in [0, 0.1) is 5.82 Å². The molecule has 82 valence electrons. The third kappa shape index (κ3) is 2.34. The summed E-state index contributed by atoms with van der Waals surface area (Å²) in [5.41, 5.74) is 1.18. The summed E-state index contributed by atoms with van der Waals surface area (Å²) in [6.45, 7) is 2.08. The summed E-state index contributed by atoms with van der Waals surface area (Å²) in [4.78, 5) is 0.825.